The molecule has 0 unspecified atom stereocenters. The van der Waals surface area contributed by atoms with Gasteiger partial charge in [0.1, 0.15) is 0 Å². The molecule has 3 nitrogen and oxygen atoms in total. The molecule has 0 aliphatic heterocycles. The maximum atomic E-state index is 12.5. The van der Waals surface area contributed by atoms with Crippen LogP contribution in [0.15, 0.2) is 66.0 Å². The minimum Gasteiger partial charge on any atom is -0.376 e. The summed E-state index contributed by atoms with van der Waals surface area (Å²) in [5.74, 6) is -0.0679. The van der Waals surface area contributed by atoms with Gasteiger partial charge in [0.05, 0.1) is 12.6 Å². The number of hydrogen-bond donors (Lipinski definition) is 2. The summed E-state index contributed by atoms with van der Waals surface area (Å²) in [6.45, 7) is 2.17. The summed E-state index contributed by atoms with van der Waals surface area (Å²) in [4.78, 5) is 13.6. The topological polar surface area (TPSA) is 41.1 Å². The van der Waals surface area contributed by atoms with Crippen LogP contribution in [-0.4, -0.2) is 12.5 Å². The number of nitrogens with one attached hydrogen (secondary N) is 2. The number of hydrogen-bond acceptors (Lipinski definition) is 3. The molecule has 25 heavy (non-hydrogen) atoms. The van der Waals surface area contributed by atoms with Gasteiger partial charge in [-0.3, -0.25) is 4.79 Å². The van der Waals surface area contributed by atoms with Crippen molar-refractivity contribution >= 4 is 34.5 Å². The van der Waals surface area contributed by atoms with Gasteiger partial charge in [0.25, 0.3) is 0 Å². The van der Waals surface area contributed by atoms with Gasteiger partial charge in [0.2, 0.25) is 5.91 Å². The number of carbonyl (C=O) groups is 1. The van der Waals surface area contributed by atoms with Gasteiger partial charge in [-0.25, -0.2) is 0 Å². The van der Waals surface area contributed by atoms with Crippen molar-refractivity contribution in [1.82, 2.24) is 5.32 Å². The highest BCUT2D eigenvalue weighted by atomic mass is 35.5. The van der Waals surface area contributed by atoms with E-state index in [1.54, 1.807) is 11.3 Å². The van der Waals surface area contributed by atoms with Crippen LogP contribution >= 0.6 is 22.9 Å². The summed E-state index contributed by atoms with van der Waals surface area (Å²) in [5.41, 5.74) is 2.99. The monoisotopic (exact) mass is 370 g/mol. The van der Waals surface area contributed by atoms with Gasteiger partial charge < -0.3 is 10.6 Å². The zero-order chi connectivity index (χ0) is 17.6. The lowest BCUT2D eigenvalue weighted by atomic mass is 10.1. The van der Waals surface area contributed by atoms with Gasteiger partial charge in [0, 0.05) is 15.6 Å². The predicted molar refractivity (Wildman–Crippen MR) is 105 cm³/mol. The molecule has 3 rings (SSSR count). The maximum absolute atomic E-state index is 12.5. The standard InChI is InChI=1S/C20H19ClN2OS/c1-14-9-10-16(21)12-17(14)22-13-19(24)23-20(18-8-5-11-25-18)15-6-3-2-4-7-15/h2-12,20,22H,13H2,1H3,(H,23,24)/t20-/m1/s1. The van der Waals surface area contributed by atoms with Crippen molar-refractivity contribution in [1.29, 1.82) is 0 Å². The highest BCUT2D eigenvalue weighted by molar-refractivity contribution is 7.10. The first kappa shape index (κ1) is 17.5. The zero-order valence-electron chi connectivity index (χ0n) is 13.8. The van der Waals surface area contributed by atoms with Crippen LogP contribution in [0.5, 0.6) is 0 Å². The van der Waals surface area contributed by atoms with Gasteiger partial charge in [-0.1, -0.05) is 54.1 Å². The first-order chi connectivity index (χ1) is 12.1. The second-order valence-electron chi connectivity index (χ2n) is 5.74. The lowest BCUT2D eigenvalue weighted by Crippen LogP contribution is -2.33. The first-order valence-corrected chi connectivity index (χ1v) is 9.27. The van der Waals surface area contributed by atoms with E-state index in [1.165, 1.54) is 0 Å². The van der Waals surface area contributed by atoms with Crippen LogP contribution in [-0.2, 0) is 4.79 Å². The molecule has 3 aromatic rings. The van der Waals surface area contributed by atoms with Crippen LogP contribution in [0.4, 0.5) is 5.69 Å². The minimum absolute atomic E-state index is 0.0679. The van der Waals surface area contributed by atoms with Crippen molar-refractivity contribution in [3.05, 3.63) is 87.1 Å². The summed E-state index contributed by atoms with van der Waals surface area (Å²) in [7, 11) is 0. The normalized spacial score (nSPS) is 11.8. The van der Waals surface area contributed by atoms with Crippen LogP contribution in [0.25, 0.3) is 0 Å². The van der Waals surface area contributed by atoms with E-state index >= 15 is 0 Å². The number of halogens is 1. The van der Waals surface area contributed by atoms with Gasteiger partial charge in [-0.05, 0) is 41.6 Å². The van der Waals surface area contributed by atoms with Gasteiger partial charge in [-0.15, -0.1) is 11.3 Å². The van der Waals surface area contributed by atoms with Crippen molar-refractivity contribution in [2.24, 2.45) is 0 Å². The molecule has 1 heterocycles. The molecular formula is C20H19ClN2OS. The van der Waals surface area contributed by atoms with E-state index in [2.05, 4.69) is 10.6 Å². The van der Waals surface area contributed by atoms with Crippen molar-refractivity contribution in [3.63, 3.8) is 0 Å². The number of aryl methyl sites for hydroxylation is 1. The maximum Gasteiger partial charge on any atom is 0.240 e. The molecule has 1 atom stereocenters. The lowest BCUT2D eigenvalue weighted by molar-refractivity contribution is -0.119. The SMILES string of the molecule is Cc1ccc(Cl)cc1NCC(=O)N[C@H](c1ccccc1)c1cccs1. The van der Waals surface area contributed by atoms with E-state index in [0.29, 0.717) is 5.02 Å². The zero-order valence-corrected chi connectivity index (χ0v) is 15.4. The van der Waals surface area contributed by atoms with Crippen molar-refractivity contribution < 1.29 is 4.79 Å². The molecule has 0 bridgehead atoms. The van der Waals surface area contributed by atoms with Crippen LogP contribution in [0, 0.1) is 6.92 Å². The summed E-state index contributed by atoms with van der Waals surface area (Å²) in [6, 6.07) is 19.5. The third-order valence-corrected chi connectivity index (χ3v) is 5.08. The second-order valence-corrected chi connectivity index (χ2v) is 7.16. The van der Waals surface area contributed by atoms with E-state index in [0.717, 1.165) is 21.7 Å². The predicted octanol–water partition coefficient (Wildman–Crippen LogP) is 5.03. The van der Waals surface area contributed by atoms with Gasteiger partial charge >= 0.3 is 0 Å². The van der Waals surface area contributed by atoms with Crippen molar-refractivity contribution in [3.8, 4) is 0 Å². The Hall–Kier alpha value is -2.30. The molecule has 1 amide bonds. The van der Waals surface area contributed by atoms with Crippen molar-refractivity contribution in [2.75, 3.05) is 11.9 Å². The van der Waals surface area contributed by atoms with E-state index in [9.17, 15) is 4.79 Å². The largest absolute Gasteiger partial charge is 0.376 e. The molecule has 2 N–H and O–H groups in total. The van der Waals surface area contributed by atoms with E-state index < -0.39 is 0 Å². The Morgan fingerprint density at radius 2 is 1.92 bits per heavy atom. The lowest BCUT2D eigenvalue weighted by Gasteiger charge is -2.19. The van der Waals surface area contributed by atoms with Crippen LogP contribution in [0.2, 0.25) is 5.02 Å². The molecule has 5 heteroatoms. The van der Waals surface area contributed by atoms with Crippen LogP contribution < -0.4 is 10.6 Å². The Balaban J connectivity index is 1.70. The highest BCUT2D eigenvalue weighted by Crippen LogP contribution is 2.26. The Labute approximate surface area is 156 Å². The third kappa shape index (κ3) is 4.62. The molecule has 0 spiro atoms. The average Bonchev–Trinajstić information content (AvgIpc) is 3.15. The molecule has 0 saturated carbocycles. The third-order valence-electron chi connectivity index (χ3n) is 3.90. The Bertz CT molecular complexity index is 834. The van der Waals surface area contributed by atoms with Crippen LogP contribution in [0.3, 0.4) is 0 Å². The quantitative estimate of drug-likeness (QED) is 0.639. The average molecular weight is 371 g/mol. The fraction of sp³-hybridized carbons (Fsp3) is 0.150. The summed E-state index contributed by atoms with van der Waals surface area (Å²) in [6.07, 6.45) is 0. The highest BCUT2D eigenvalue weighted by Gasteiger charge is 2.17. The number of carbonyl (C=O) groups excluding carboxylic acids is 1. The fourth-order valence-electron chi connectivity index (χ4n) is 2.59. The molecule has 0 radical (unpaired) electrons. The molecular weight excluding hydrogens is 352 g/mol. The van der Waals surface area contributed by atoms with Gasteiger partial charge in [-0.2, -0.15) is 0 Å². The number of amides is 1. The fourth-order valence-corrected chi connectivity index (χ4v) is 3.57. The van der Waals surface area contributed by atoms with Crippen molar-refractivity contribution in [2.45, 2.75) is 13.0 Å². The molecule has 0 fully saturated rings. The Morgan fingerprint density at radius 3 is 2.64 bits per heavy atom. The molecule has 1 aromatic heterocycles. The molecule has 128 valence electrons. The number of thiophene rings is 1. The van der Waals surface area contributed by atoms with E-state index in [1.807, 2.05) is 73.0 Å². The molecule has 0 aliphatic carbocycles. The molecule has 0 saturated heterocycles. The minimum atomic E-state index is -0.143. The van der Waals surface area contributed by atoms with E-state index in [4.69, 9.17) is 11.6 Å². The summed E-state index contributed by atoms with van der Waals surface area (Å²) < 4.78 is 0. The number of benzene rings is 2. The second kappa shape index (κ2) is 8.19. The Kier molecular flexibility index (Phi) is 5.74. The van der Waals surface area contributed by atoms with E-state index in [-0.39, 0.29) is 18.5 Å². The number of rotatable bonds is 6. The summed E-state index contributed by atoms with van der Waals surface area (Å²) in [5, 5.41) is 8.94. The molecule has 2 aromatic carbocycles. The van der Waals surface area contributed by atoms with Gasteiger partial charge in [0.15, 0.2) is 0 Å². The molecule has 0 aliphatic rings. The number of anilines is 1. The summed E-state index contributed by atoms with van der Waals surface area (Å²) >= 11 is 7.66. The van der Waals surface area contributed by atoms with Crippen LogP contribution in [0.1, 0.15) is 22.0 Å². The smallest absolute Gasteiger partial charge is 0.240 e. The Morgan fingerprint density at radius 1 is 1.12 bits per heavy atom. The first-order valence-electron chi connectivity index (χ1n) is 8.01.